The Morgan fingerprint density at radius 3 is 0.873 bits per heavy atom. The molecule has 0 saturated heterocycles. The van der Waals surface area contributed by atoms with Gasteiger partial charge in [-0.1, -0.05) is 248 Å². The van der Waals surface area contributed by atoms with Gasteiger partial charge in [-0.3, -0.25) is 14.4 Å². The molecule has 71 heavy (non-hydrogen) atoms. The molecule has 6 heteroatoms. The first-order valence-electron chi connectivity index (χ1n) is 30.4. The fourth-order valence-electron chi connectivity index (χ4n) is 8.52. The normalized spacial score (nSPS) is 12.5. The number of hydrogen-bond donors (Lipinski definition) is 0. The predicted octanol–water partition coefficient (Wildman–Crippen LogP) is 20.5. The van der Waals surface area contributed by atoms with Gasteiger partial charge in [-0.15, -0.1) is 0 Å². The molecule has 0 heterocycles. The van der Waals surface area contributed by atoms with E-state index in [2.05, 4.69) is 93.7 Å². The minimum atomic E-state index is -0.785. The Morgan fingerprint density at radius 2 is 0.521 bits per heavy atom. The summed E-state index contributed by atoms with van der Waals surface area (Å²) in [5.74, 6) is -0.895. The number of ether oxygens (including phenoxy) is 3. The quantitative estimate of drug-likeness (QED) is 0.0261. The SMILES string of the molecule is CCCC/C=C\CCCCCCCC(=O)OCC(COC(=O)CCCCCCCCCCCC/C=C\C/C=C\C/C=C\CCCCCCC)OC(=O)CCCCCCCCC/C=C\C/C=C\CCCCC. The molecule has 0 saturated carbocycles. The van der Waals surface area contributed by atoms with Crippen LogP contribution in [0.5, 0.6) is 0 Å². The molecule has 0 aliphatic rings. The van der Waals surface area contributed by atoms with Crippen molar-refractivity contribution in [3.8, 4) is 0 Å². The average molecular weight is 992 g/mol. The van der Waals surface area contributed by atoms with Crippen molar-refractivity contribution >= 4 is 17.9 Å². The monoisotopic (exact) mass is 991 g/mol. The molecule has 0 radical (unpaired) electrons. The Morgan fingerprint density at radius 1 is 0.282 bits per heavy atom. The first-order chi connectivity index (χ1) is 35.0. The maximum atomic E-state index is 12.9. The Bertz CT molecular complexity index is 1320. The van der Waals surface area contributed by atoms with E-state index in [9.17, 15) is 14.4 Å². The molecule has 0 aromatic carbocycles. The molecule has 0 rings (SSSR count). The molecule has 0 spiro atoms. The van der Waals surface area contributed by atoms with Crippen LogP contribution < -0.4 is 0 Å². The van der Waals surface area contributed by atoms with Crippen molar-refractivity contribution in [1.82, 2.24) is 0 Å². The van der Waals surface area contributed by atoms with E-state index in [1.165, 1.54) is 173 Å². The van der Waals surface area contributed by atoms with Crippen molar-refractivity contribution in [3.63, 3.8) is 0 Å². The molecule has 410 valence electrons. The fourth-order valence-corrected chi connectivity index (χ4v) is 8.52. The van der Waals surface area contributed by atoms with Crippen LogP contribution in [0.2, 0.25) is 0 Å². The summed E-state index contributed by atoms with van der Waals surface area (Å²) >= 11 is 0. The van der Waals surface area contributed by atoms with E-state index in [1.54, 1.807) is 0 Å². The molecular weight excluding hydrogens is 877 g/mol. The second-order valence-electron chi connectivity index (χ2n) is 20.2. The van der Waals surface area contributed by atoms with Crippen LogP contribution in [0.25, 0.3) is 0 Å². The van der Waals surface area contributed by atoms with Crippen molar-refractivity contribution in [2.24, 2.45) is 0 Å². The Hall–Kier alpha value is -3.15. The zero-order chi connectivity index (χ0) is 51.4. The molecule has 0 amide bonds. The molecule has 6 nitrogen and oxygen atoms in total. The molecular formula is C65H114O6. The van der Waals surface area contributed by atoms with Crippen LogP contribution in [0.15, 0.2) is 72.9 Å². The molecule has 0 aliphatic heterocycles. The molecule has 0 bridgehead atoms. The maximum Gasteiger partial charge on any atom is 0.306 e. The van der Waals surface area contributed by atoms with Crippen LogP contribution in [0.3, 0.4) is 0 Å². The average Bonchev–Trinajstić information content (AvgIpc) is 3.37. The third-order valence-corrected chi connectivity index (χ3v) is 13.2. The third-order valence-electron chi connectivity index (χ3n) is 13.2. The maximum absolute atomic E-state index is 12.9. The van der Waals surface area contributed by atoms with Crippen molar-refractivity contribution in [2.75, 3.05) is 13.2 Å². The number of unbranched alkanes of at least 4 members (excludes halogenated alkanes) is 32. The largest absolute Gasteiger partial charge is 0.462 e. The van der Waals surface area contributed by atoms with Crippen LogP contribution in [0, 0.1) is 0 Å². The topological polar surface area (TPSA) is 78.9 Å². The first kappa shape index (κ1) is 67.8. The van der Waals surface area contributed by atoms with Crippen LogP contribution in [-0.4, -0.2) is 37.2 Å². The highest BCUT2D eigenvalue weighted by Crippen LogP contribution is 2.15. The number of rotatable bonds is 55. The van der Waals surface area contributed by atoms with E-state index >= 15 is 0 Å². The summed E-state index contributed by atoms with van der Waals surface area (Å²) in [4.78, 5) is 38.2. The predicted molar refractivity (Wildman–Crippen MR) is 307 cm³/mol. The summed E-state index contributed by atoms with van der Waals surface area (Å²) in [6, 6.07) is 0. The lowest BCUT2D eigenvalue weighted by Crippen LogP contribution is -2.30. The van der Waals surface area contributed by atoms with Crippen LogP contribution in [-0.2, 0) is 28.6 Å². The second kappa shape index (κ2) is 59.4. The van der Waals surface area contributed by atoms with Gasteiger partial charge in [0.2, 0.25) is 0 Å². The summed E-state index contributed by atoms with van der Waals surface area (Å²) < 4.78 is 16.9. The van der Waals surface area contributed by atoms with Crippen LogP contribution >= 0.6 is 0 Å². The highest BCUT2D eigenvalue weighted by atomic mass is 16.6. The van der Waals surface area contributed by atoms with Crippen molar-refractivity contribution in [2.45, 2.75) is 309 Å². The van der Waals surface area contributed by atoms with E-state index in [-0.39, 0.29) is 31.1 Å². The van der Waals surface area contributed by atoms with Gasteiger partial charge in [-0.25, -0.2) is 0 Å². The molecule has 0 aliphatic carbocycles. The van der Waals surface area contributed by atoms with Crippen molar-refractivity contribution < 1.29 is 28.6 Å². The minimum absolute atomic E-state index is 0.0826. The summed E-state index contributed by atoms with van der Waals surface area (Å²) in [5, 5.41) is 0. The van der Waals surface area contributed by atoms with E-state index in [4.69, 9.17) is 14.2 Å². The van der Waals surface area contributed by atoms with Gasteiger partial charge in [0.05, 0.1) is 0 Å². The van der Waals surface area contributed by atoms with Gasteiger partial charge >= 0.3 is 17.9 Å². The van der Waals surface area contributed by atoms with Gasteiger partial charge in [-0.2, -0.15) is 0 Å². The summed E-state index contributed by atoms with van der Waals surface area (Å²) in [6.45, 7) is 6.57. The van der Waals surface area contributed by atoms with E-state index in [0.29, 0.717) is 19.3 Å². The third kappa shape index (κ3) is 57.6. The van der Waals surface area contributed by atoms with Gasteiger partial charge in [0, 0.05) is 19.3 Å². The molecule has 1 unspecified atom stereocenters. The second-order valence-corrected chi connectivity index (χ2v) is 20.2. The highest BCUT2D eigenvalue weighted by molar-refractivity contribution is 5.71. The lowest BCUT2D eigenvalue weighted by molar-refractivity contribution is -0.167. The standard InChI is InChI=1S/C65H114O6/c1-4-7-10-13-16-19-22-24-26-28-29-30-31-32-33-34-35-37-38-40-43-46-49-52-55-58-64(67)70-61-62(60-69-63(66)57-54-51-48-45-42-21-18-15-12-9-6-3)71-65(68)59-56-53-50-47-44-41-39-36-27-25-23-20-17-14-11-8-5-2/h15,17-18,20,22,24-25,27-29,31-32,62H,4-14,16,19,21,23,26,30,33-61H2,1-3H3/b18-15-,20-17-,24-22-,27-25-,29-28-,32-31-. The number of allylic oxidation sites excluding steroid dienone is 12. The van der Waals surface area contributed by atoms with Gasteiger partial charge in [0.15, 0.2) is 6.10 Å². The molecule has 0 aromatic rings. The highest BCUT2D eigenvalue weighted by Gasteiger charge is 2.19. The molecule has 0 aromatic heterocycles. The first-order valence-corrected chi connectivity index (χ1v) is 30.4. The van der Waals surface area contributed by atoms with Gasteiger partial charge in [-0.05, 0) is 109 Å². The smallest absolute Gasteiger partial charge is 0.306 e. The number of carbonyl (C=O) groups is 3. The summed E-state index contributed by atoms with van der Waals surface area (Å²) in [6.07, 6.45) is 76.1. The Kier molecular flexibility index (Phi) is 56.8. The lowest BCUT2D eigenvalue weighted by Gasteiger charge is -2.18. The van der Waals surface area contributed by atoms with Gasteiger partial charge in [0.1, 0.15) is 13.2 Å². The lowest BCUT2D eigenvalue weighted by atomic mass is 10.1. The van der Waals surface area contributed by atoms with Crippen molar-refractivity contribution in [1.29, 1.82) is 0 Å². The number of hydrogen-bond acceptors (Lipinski definition) is 6. The van der Waals surface area contributed by atoms with E-state index in [0.717, 1.165) is 89.9 Å². The van der Waals surface area contributed by atoms with Crippen LogP contribution in [0.4, 0.5) is 0 Å². The molecule has 1 atom stereocenters. The van der Waals surface area contributed by atoms with Gasteiger partial charge in [0.25, 0.3) is 0 Å². The number of esters is 3. The fraction of sp³-hybridized carbons (Fsp3) is 0.769. The zero-order valence-corrected chi connectivity index (χ0v) is 47.0. The number of carbonyl (C=O) groups excluding carboxylic acids is 3. The van der Waals surface area contributed by atoms with E-state index < -0.39 is 6.10 Å². The zero-order valence-electron chi connectivity index (χ0n) is 47.0. The minimum Gasteiger partial charge on any atom is -0.462 e. The van der Waals surface area contributed by atoms with E-state index in [1.807, 2.05) is 0 Å². The van der Waals surface area contributed by atoms with Gasteiger partial charge < -0.3 is 14.2 Å². The Labute approximate surface area is 440 Å². The molecule has 0 fully saturated rings. The van der Waals surface area contributed by atoms with Crippen LogP contribution in [0.1, 0.15) is 303 Å². The summed E-state index contributed by atoms with van der Waals surface area (Å²) in [7, 11) is 0. The Balaban J connectivity index is 4.29. The summed E-state index contributed by atoms with van der Waals surface area (Å²) in [5.41, 5.74) is 0. The molecule has 0 N–H and O–H groups in total. The van der Waals surface area contributed by atoms with Crippen molar-refractivity contribution in [3.05, 3.63) is 72.9 Å².